The van der Waals surface area contributed by atoms with Gasteiger partial charge in [0.2, 0.25) is 5.91 Å². The van der Waals surface area contributed by atoms with Crippen LogP contribution in [0.1, 0.15) is 37.7 Å². The van der Waals surface area contributed by atoms with Gasteiger partial charge in [-0.25, -0.2) is 5.43 Å². The number of hydrogen-bond acceptors (Lipinski definition) is 2. The summed E-state index contributed by atoms with van der Waals surface area (Å²) in [5.74, 6) is 2.01. The smallest absolute Gasteiger partial charge is 0.243 e. The molecule has 1 amide bonds. The van der Waals surface area contributed by atoms with E-state index in [9.17, 15) is 4.79 Å². The number of rotatable bonds is 5. The molecule has 0 aromatic heterocycles. The minimum Gasteiger partial charge on any atom is -0.273 e. The van der Waals surface area contributed by atoms with E-state index >= 15 is 0 Å². The van der Waals surface area contributed by atoms with E-state index in [1.165, 1.54) is 25.7 Å². The van der Waals surface area contributed by atoms with Crippen molar-refractivity contribution >= 4 is 28.1 Å². The summed E-state index contributed by atoms with van der Waals surface area (Å²) in [6.07, 6.45) is 8.15. The van der Waals surface area contributed by atoms with Gasteiger partial charge in [-0.15, -0.1) is 0 Å². The van der Waals surface area contributed by atoms with Crippen molar-refractivity contribution in [3.8, 4) is 0 Å². The van der Waals surface area contributed by atoms with Gasteiger partial charge in [0.15, 0.2) is 0 Å². The van der Waals surface area contributed by atoms with Crippen LogP contribution < -0.4 is 5.43 Å². The summed E-state index contributed by atoms with van der Waals surface area (Å²) in [6.45, 7) is 0. The first-order valence-corrected chi connectivity index (χ1v) is 8.58. The molecule has 0 radical (unpaired) electrons. The van der Waals surface area contributed by atoms with E-state index in [1.54, 1.807) is 6.21 Å². The molecule has 0 saturated heterocycles. The Labute approximate surface area is 133 Å². The molecule has 3 nitrogen and oxygen atoms in total. The third kappa shape index (κ3) is 2.54. The maximum atomic E-state index is 12.3. The molecule has 4 heteroatoms. The molecule has 1 unspecified atom stereocenters. The van der Waals surface area contributed by atoms with Gasteiger partial charge in [-0.2, -0.15) is 5.10 Å². The fourth-order valence-electron chi connectivity index (χ4n) is 3.91. The normalized spacial score (nSPS) is 26.8. The van der Waals surface area contributed by atoms with Gasteiger partial charge in [-0.3, -0.25) is 4.79 Å². The quantitative estimate of drug-likeness (QED) is 0.640. The van der Waals surface area contributed by atoms with Crippen molar-refractivity contribution in [2.75, 3.05) is 0 Å². The summed E-state index contributed by atoms with van der Waals surface area (Å²) >= 11 is 3.40. The molecule has 3 aliphatic rings. The molecular weight excluding hydrogens is 328 g/mol. The summed E-state index contributed by atoms with van der Waals surface area (Å²) in [5.41, 5.74) is 4.11. The molecule has 1 N–H and O–H groups in total. The lowest BCUT2D eigenvalue weighted by Gasteiger charge is -2.14. The third-order valence-electron chi connectivity index (χ3n) is 5.30. The zero-order valence-electron chi connectivity index (χ0n) is 11.9. The van der Waals surface area contributed by atoms with E-state index in [2.05, 4.69) is 26.5 Å². The number of carbonyl (C=O) groups is 1. The van der Waals surface area contributed by atoms with E-state index in [4.69, 9.17) is 0 Å². The summed E-state index contributed by atoms with van der Waals surface area (Å²) in [6, 6.07) is 7.87. The Bertz CT molecular complexity index is 575. The molecular formula is C17H19BrN2O. The minimum absolute atomic E-state index is 0.127. The van der Waals surface area contributed by atoms with Crippen LogP contribution in [0.5, 0.6) is 0 Å². The number of nitrogens with one attached hydrogen (secondary N) is 1. The van der Waals surface area contributed by atoms with Crippen molar-refractivity contribution in [1.29, 1.82) is 0 Å². The molecule has 3 saturated carbocycles. The Morgan fingerprint density at radius 3 is 2.38 bits per heavy atom. The maximum Gasteiger partial charge on any atom is 0.243 e. The molecule has 110 valence electrons. The van der Waals surface area contributed by atoms with Crippen LogP contribution in [0.2, 0.25) is 0 Å². The predicted octanol–water partition coefficient (Wildman–Crippen LogP) is 3.73. The van der Waals surface area contributed by atoms with Crippen LogP contribution in [0.15, 0.2) is 33.8 Å². The van der Waals surface area contributed by atoms with Crippen molar-refractivity contribution < 1.29 is 4.79 Å². The minimum atomic E-state index is 0.127. The number of carbonyl (C=O) groups excluding carboxylic acids is 1. The Balaban J connectivity index is 1.35. The average molecular weight is 347 g/mol. The third-order valence-corrected chi connectivity index (χ3v) is 5.82. The Hall–Kier alpha value is -1.16. The van der Waals surface area contributed by atoms with Gasteiger partial charge in [-0.1, -0.05) is 28.1 Å². The van der Waals surface area contributed by atoms with Gasteiger partial charge in [-0.05, 0) is 67.1 Å². The first-order chi connectivity index (χ1) is 10.2. The van der Waals surface area contributed by atoms with Crippen molar-refractivity contribution in [3.63, 3.8) is 0 Å². The number of amides is 1. The van der Waals surface area contributed by atoms with Crippen LogP contribution in [-0.4, -0.2) is 12.1 Å². The molecule has 3 fully saturated rings. The topological polar surface area (TPSA) is 41.5 Å². The highest BCUT2D eigenvalue weighted by atomic mass is 79.9. The van der Waals surface area contributed by atoms with Crippen LogP contribution in [0, 0.1) is 23.2 Å². The van der Waals surface area contributed by atoms with Crippen molar-refractivity contribution in [2.24, 2.45) is 28.3 Å². The summed E-state index contributed by atoms with van der Waals surface area (Å²) in [7, 11) is 0. The average Bonchev–Trinajstić information content (AvgIpc) is 3.34. The van der Waals surface area contributed by atoms with E-state index < -0.39 is 0 Å². The molecule has 0 spiro atoms. The van der Waals surface area contributed by atoms with Gasteiger partial charge in [0, 0.05) is 10.4 Å². The van der Waals surface area contributed by atoms with Gasteiger partial charge in [0.1, 0.15) is 0 Å². The van der Waals surface area contributed by atoms with E-state index in [0.717, 1.165) is 28.3 Å². The van der Waals surface area contributed by atoms with E-state index in [1.807, 2.05) is 24.3 Å². The molecule has 0 bridgehead atoms. The highest BCUT2D eigenvalue weighted by Gasteiger charge is 2.70. The molecule has 0 aliphatic heterocycles. The SMILES string of the molecule is O=C(N/N=C/c1ccc(Br)cc1)C1CC1(C1CC1)C1CC1. The first kappa shape index (κ1) is 13.5. The molecule has 1 aromatic carbocycles. The van der Waals surface area contributed by atoms with Crippen molar-refractivity contribution in [3.05, 3.63) is 34.3 Å². The highest BCUT2D eigenvalue weighted by Crippen LogP contribution is 2.74. The predicted molar refractivity (Wildman–Crippen MR) is 85.9 cm³/mol. The molecule has 1 aromatic rings. The van der Waals surface area contributed by atoms with Crippen LogP contribution in [-0.2, 0) is 4.79 Å². The molecule has 1 atom stereocenters. The zero-order valence-corrected chi connectivity index (χ0v) is 13.5. The lowest BCUT2D eigenvalue weighted by Crippen LogP contribution is -2.25. The molecule has 0 heterocycles. The lowest BCUT2D eigenvalue weighted by molar-refractivity contribution is -0.123. The first-order valence-electron chi connectivity index (χ1n) is 7.78. The second-order valence-electron chi connectivity index (χ2n) is 6.70. The Morgan fingerprint density at radius 2 is 1.81 bits per heavy atom. The fourth-order valence-corrected chi connectivity index (χ4v) is 4.17. The van der Waals surface area contributed by atoms with Crippen LogP contribution in [0.4, 0.5) is 0 Å². The Kier molecular flexibility index (Phi) is 3.18. The van der Waals surface area contributed by atoms with Gasteiger partial charge in [0.05, 0.1) is 6.21 Å². The van der Waals surface area contributed by atoms with Crippen LogP contribution >= 0.6 is 15.9 Å². The Morgan fingerprint density at radius 1 is 1.19 bits per heavy atom. The second kappa shape index (κ2) is 4.94. The van der Waals surface area contributed by atoms with Crippen molar-refractivity contribution in [1.82, 2.24) is 5.43 Å². The number of benzene rings is 1. The number of nitrogens with zero attached hydrogens (tertiary/aromatic N) is 1. The molecule has 3 aliphatic carbocycles. The van der Waals surface area contributed by atoms with Gasteiger partial charge >= 0.3 is 0 Å². The second-order valence-corrected chi connectivity index (χ2v) is 7.62. The standard InChI is InChI=1S/C17H19BrN2O/c18-14-7-1-11(2-8-14)10-19-20-16(21)15-9-17(15,12-3-4-12)13-5-6-13/h1-2,7-8,10,12-13,15H,3-6,9H2,(H,20,21)/b19-10+. The van der Waals surface area contributed by atoms with E-state index in [0.29, 0.717) is 5.41 Å². The maximum absolute atomic E-state index is 12.3. The van der Waals surface area contributed by atoms with E-state index in [-0.39, 0.29) is 11.8 Å². The zero-order chi connectivity index (χ0) is 14.4. The largest absolute Gasteiger partial charge is 0.273 e. The molecule has 4 rings (SSSR count). The van der Waals surface area contributed by atoms with Gasteiger partial charge < -0.3 is 0 Å². The van der Waals surface area contributed by atoms with Crippen LogP contribution in [0.25, 0.3) is 0 Å². The summed E-state index contributed by atoms with van der Waals surface area (Å²) in [5, 5.41) is 4.12. The number of halogens is 1. The highest BCUT2D eigenvalue weighted by molar-refractivity contribution is 9.10. The lowest BCUT2D eigenvalue weighted by atomic mass is 9.91. The number of hydrogen-bond donors (Lipinski definition) is 1. The van der Waals surface area contributed by atoms with Gasteiger partial charge in [0.25, 0.3) is 0 Å². The fraction of sp³-hybridized carbons (Fsp3) is 0.529. The van der Waals surface area contributed by atoms with Crippen LogP contribution in [0.3, 0.4) is 0 Å². The molecule has 21 heavy (non-hydrogen) atoms. The number of hydrazone groups is 1. The van der Waals surface area contributed by atoms with Crippen molar-refractivity contribution in [2.45, 2.75) is 32.1 Å². The monoisotopic (exact) mass is 346 g/mol. The summed E-state index contributed by atoms with van der Waals surface area (Å²) < 4.78 is 1.04. The summed E-state index contributed by atoms with van der Waals surface area (Å²) in [4.78, 5) is 12.3.